The first-order valence-electron chi connectivity index (χ1n) is 6.78. The molecule has 22 heavy (non-hydrogen) atoms. The first kappa shape index (κ1) is 16.3. The maximum absolute atomic E-state index is 12.4. The zero-order valence-electron chi connectivity index (χ0n) is 12.8. The van der Waals surface area contributed by atoms with Gasteiger partial charge >= 0.3 is 0 Å². The highest BCUT2D eigenvalue weighted by molar-refractivity contribution is 6.31. The van der Waals surface area contributed by atoms with Crippen LogP contribution in [0.4, 0.5) is 5.69 Å². The molecule has 0 saturated heterocycles. The maximum Gasteiger partial charge on any atom is 0.255 e. The number of benzene rings is 2. The molecule has 0 aromatic heterocycles. The first-order chi connectivity index (χ1) is 10.5. The second kappa shape index (κ2) is 7.29. The number of hydrogen-bond donors (Lipinski definition) is 1. The normalized spacial score (nSPS) is 10.4. The molecule has 0 aliphatic carbocycles. The van der Waals surface area contributed by atoms with Gasteiger partial charge in [-0.3, -0.25) is 4.79 Å². The van der Waals surface area contributed by atoms with Gasteiger partial charge in [-0.1, -0.05) is 23.7 Å². The predicted octanol–water partition coefficient (Wildman–Crippen LogP) is 4.06. The lowest BCUT2D eigenvalue weighted by molar-refractivity contribution is 0.102. The highest BCUT2D eigenvalue weighted by Crippen LogP contribution is 2.31. The van der Waals surface area contributed by atoms with Crippen molar-refractivity contribution in [3.05, 3.63) is 58.1 Å². The van der Waals surface area contributed by atoms with E-state index in [-0.39, 0.29) is 5.91 Å². The van der Waals surface area contributed by atoms with E-state index in [9.17, 15) is 4.79 Å². The van der Waals surface area contributed by atoms with Crippen LogP contribution in [0.5, 0.6) is 5.75 Å². The van der Waals surface area contributed by atoms with Crippen LogP contribution in [0.25, 0.3) is 0 Å². The Morgan fingerprint density at radius 2 is 2.00 bits per heavy atom. The van der Waals surface area contributed by atoms with Gasteiger partial charge < -0.3 is 14.8 Å². The molecule has 0 heterocycles. The molecule has 2 aromatic rings. The number of anilines is 1. The lowest BCUT2D eigenvalue weighted by Crippen LogP contribution is -2.13. The van der Waals surface area contributed by atoms with Crippen LogP contribution in [0, 0.1) is 6.92 Å². The van der Waals surface area contributed by atoms with Crippen LogP contribution in [0.2, 0.25) is 5.02 Å². The summed E-state index contributed by atoms with van der Waals surface area (Å²) < 4.78 is 10.3. The summed E-state index contributed by atoms with van der Waals surface area (Å²) in [5.41, 5.74) is 2.95. The first-order valence-corrected chi connectivity index (χ1v) is 7.16. The van der Waals surface area contributed by atoms with Crippen LogP contribution < -0.4 is 10.1 Å². The number of aryl methyl sites for hydroxylation is 1. The zero-order chi connectivity index (χ0) is 16.1. The number of nitrogens with one attached hydrogen (secondary N) is 1. The molecule has 0 aliphatic heterocycles. The average molecular weight is 320 g/mol. The van der Waals surface area contributed by atoms with Crippen LogP contribution in [-0.4, -0.2) is 20.1 Å². The predicted molar refractivity (Wildman–Crippen MR) is 87.8 cm³/mol. The third kappa shape index (κ3) is 3.78. The summed E-state index contributed by atoms with van der Waals surface area (Å²) in [4.78, 5) is 12.4. The van der Waals surface area contributed by atoms with E-state index in [2.05, 4.69) is 5.32 Å². The summed E-state index contributed by atoms with van der Waals surface area (Å²) in [6.07, 6.45) is 0. The van der Waals surface area contributed by atoms with E-state index in [1.54, 1.807) is 31.4 Å². The smallest absolute Gasteiger partial charge is 0.255 e. The molecular weight excluding hydrogens is 302 g/mol. The monoisotopic (exact) mass is 319 g/mol. The summed E-state index contributed by atoms with van der Waals surface area (Å²) in [6, 6.07) is 10.8. The van der Waals surface area contributed by atoms with Gasteiger partial charge in [-0.05, 0) is 36.2 Å². The summed E-state index contributed by atoms with van der Waals surface area (Å²) in [6.45, 7) is 2.33. The summed E-state index contributed by atoms with van der Waals surface area (Å²) in [7, 11) is 3.16. The van der Waals surface area contributed by atoms with Crippen LogP contribution in [0.15, 0.2) is 36.4 Å². The van der Waals surface area contributed by atoms with Crippen LogP contribution in [0.1, 0.15) is 21.5 Å². The molecule has 1 amide bonds. The molecule has 1 N–H and O–H groups in total. The second-order valence-electron chi connectivity index (χ2n) is 4.89. The Morgan fingerprint density at radius 1 is 1.23 bits per heavy atom. The van der Waals surface area contributed by atoms with Crippen molar-refractivity contribution in [2.75, 3.05) is 19.5 Å². The molecule has 2 rings (SSSR count). The van der Waals surface area contributed by atoms with Crippen molar-refractivity contribution in [2.45, 2.75) is 13.5 Å². The van der Waals surface area contributed by atoms with Crippen molar-refractivity contribution in [1.29, 1.82) is 0 Å². The van der Waals surface area contributed by atoms with Gasteiger partial charge in [0.2, 0.25) is 0 Å². The Morgan fingerprint density at radius 3 is 2.68 bits per heavy atom. The Labute approximate surface area is 135 Å². The highest BCUT2D eigenvalue weighted by atomic mass is 35.5. The Hall–Kier alpha value is -2.04. The van der Waals surface area contributed by atoms with Crippen molar-refractivity contribution in [2.24, 2.45) is 0 Å². The third-order valence-corrected chi connectivity index (χ3v) is 3.64. The number of amides is 1. The van der Waals surface area contributed by atoms with Crippen LogP contribution in [-0.2, 0) is 11.3 Å². The van der Waals surface area contributed by atoms with E-state index in [4.69, 9.17) is 21.1 Å². The zero-order valence-corrected chi connectivity index (χ0v) is 13.5. The van der Waals surface area contributed by atoms with Gasteiger partial charge in [0.1, 0.15) is 5.75 Å². The molecule has 5 heteroatoms. The van der Waals surface area contributed by atoms with Crippen LogP contribution >= 0.6 is 11.6 Å². The molecule has 0 unspecified atom stereocenters. The Kier molecular flexibility index (Phi) is 5.41. The number of carbonyl (C=O) groups is 1. The molecule has 2 aromatic carbocycles. The number of ether oxygens (including phenoxy) is 2. The molecule has 0 aliphatic rings. The topological polar surface area (TPSA) is 47.6 Å². The molecule has 0 fully saturated rings. The fourth-order valence-corrected chi connectivity index (χ4v) is 2.25. The number of methoxy groups -OCH3 is 2. The van der Waals surface area contributed by atoms with E-state index in [0.717, 1.165) is 11.1 Å². The number of rotatable bonds is 5. The van der Waals surface area contributed by atoms with Crippen molar-refractivity contribution < 1.29 is 14.3 Å². The Balaban J connectivity index is 2.25. The lowest BCUT2D eigenvalue weighted by Gasteiger charge is -2.12. The van der Waals surface area contributed by atoms with Crippen molar-refractivity contribution in [3.8, 4) is 5.75 Å². The number of hydrogen-bond acceptors (Lipinski definition) is 3. The number of halogens is 1. The maximum atomic E-state index is 12.4. The minimum absolute atomic E-state index is 0.210. The fraction of sp³-hybridized carbons (Fsp3) is 0.235. The largest absolute Gasteiger partial charge is 0.495 e. The summed E-state index contributed by atoms with van der Waals surface area (Å²) in [5.74, 6) is 0.315. The van der Waals surface area contributed by atoms with Gasteiger partial charge in [0.25, 0.3) is 5.91 Å². The molecule has 4 nitrogen and oxygen atoms in total. The minimum atomic E-state index is -0.210. The summed E-state index contributed by atoms with van der Waals surface area (Å²) in [5, 5.41) is 3.45. The molecule has 0 radical (unpaired) electrons. The highest BCUT2D eigenvalue weighted by Gasteiger charge is 2.12. The van der Waals surface area contributed by atoms with E-state index >= 15 is 0 Å². The van der Waals surface area contributed by atoms with Gasteiger partial charge in [-0.25, -0.2) is 0 Å². The molecule has 116 valence electrons. The molecular formula is C17H18ClNO3. The van der Waals surface area contributed by atoms with Gasteiger partial charge in [0.05, 0.1) is 19.4 Å². The second-order valence-corrected chi connectivity index (χ2v) is 5.30. The standard InChI is InChI=1S/C17H18ClNO3/c1-11-7-15(16(22-3)9-14(11)18)19-17(20)13-6-4-5-12(8-13)10-21-2/h4-9H,10H2,1-3H3,(H,19,20). The minimum Gasteiger partial charge on any atom is -0.495 e. The van der Waals surface area contributed by atoms with E-state index in [1.165, 1.54) is 7.11 Å². The Bertz CT molecular complexity index is 686. The van der Waals surface area contributed by atoms with Gasteiger partial charge in [0, 0.05) is 23.8 Å². The molecule has 0 atom stereocenters. The van der Waals surface area contributed by atoms with Crippen molar-refractivity contribution >= 4 is 23.2 Å². The van der Waals surface area contributed by atoms with Crippen molar-refractivity contribution in [3.63, 3.8) is 0 Å². The third-order valence-electron chi connectivity index (χ3n) is 3.23. The van der Waals surface area contributed by atoms with Crippen molar-refractivity contribution in [1.82, 2.24) is 0 Å². The van der Waals surface area contributed by atoms with E-state index in [1.807, 2.05) is 19.1 Å². The van der Waals surface area contributed by atoms with Gasteiger partial charge in [-0.2, -0.15) is 0 Å². The number of carbonyl (C=O) groups excluding carboxylic acids is 1. The average Bonchev–Trinajstić information content (AvgIpc) is 2.51. The molecule has 0 bridgehead atoms. The quantitative estimate of drug-likeness (QED) is 0.904. The SMILES string of the molecule is COCc1cccc(C(=O)Nc2cc(C)c(Cl)cc2OC)c1. The van der Waals surface area contributed by atoms with E-state index < -0.39 is 0 Å². The fourth-order valence-electron chi connectivity index (χ4n) is 2.09. The van der Waals surface area contributed by atoms with Crippen LogP contribution in [0.3, 0.4) is 0 Å². The lowest BCUT2D eigenvalue weighted by atomic mass is 10.1. The molecule has 0 saturated carbocycles. The van der Waals surface area contributed by atoms with Gasteiger partial charge in [0.15, 0.2) is 0 Å². The van der Waals surface area contributed by atoms with E-state index in [0.29, 0.717) is 28.6 Å². The summed E-state index contributed by atoms with van der Waals surface area (Å²) >= 11 is 6.07. The van der Waals surface area contributed by atoms with Gasteiger partial charge in [-0.15, -0.1) is 0 Å². The molecule has 0 spiro atoms.